The molecule has 0 unspecified atom stereocenters. The number of thioether (sulfide) groups is 1. The number of H-pyrrole nitrogens is 1. The van der Waals surface area contributed by atoms with Crippen LogP contribution in [0.25, 0.3) is 11.4 Å². The first-order chi connectivity index (χ1) is 12.5. The Bertz CT molecular complexity index is 883. The van der Waals surface area contributed by atoms with Gasteiger partial charge in [-0.25, -0.2) is 9.97 Å². The van der Waals surface area contributed by atoms with E-state index in [0.717, 1.165) is 11.3 Å². The number of amides is 1. The van der Waals surface area contributed by atoms with Gasteiger partial charge in [0.1, 0.15) is 11.6 Å². The van der Waals surface area contributed by atoms with E-state index in [1.54, 1.807) is 26.2 Å². The molecule has 2 heterocycles. The van der Waals surface area contributed by atoms with E-state index in [9.17, 15) is 4.79 Å². The molecule has 0 fully saturated rings. The van der Waals surface area contributed by atoms with Gasteiger partial charge >= 0.3 is 0 Å². The number of carbonyl (C=O) groups excluding carboxylic acids is 1. The van der Waals surface area contributed by atoms with Gasteiger partial charge in [0.15, 0.2) is 5.82 Å². The lowest BCUT2D eigenvalue weighted by Crippen LogP contribution is -2.23. The minimum Gasteiger partial charge on any atom is -0.497 e. The van der Waals surface area contributed by atoms with Gasteiger partial charge in [-0.15, -0.1) is 5.10 Å². The summed E-state index contributed by atoms with van der Waals surface area (Å²) in [5.41, 5.74) is 0.882. The molecule has 1 aromatic carbocycles. The van der Waals surface area contributed by atoms with Crippen molar-refractivity contribution in [3.8, 4) is 17.1 Å². The second-order valence-electron chi connectivity index (χ2n) is 5.31. The molecule has 1 atom stereocenters. The molecule has 9 heteroatoms. The molecule has 0 aliphatic rings. The first kappa shape index (κ1) is 18.2. The Balaban J connectivity index is 1.62. The third-order valence-electron chi connectivity index (χ3n) is 3.46. The summed E-state index contributed by atoms with van der Waals surface area (Å²) in [4.78, 5) is 20.7. The number of nitrogens with one attached hydrogen (secondary N) is 2. The Hall–Kier alpha value is -2.58. The molecular weight excluding hydrogens is 374 g/mol. The number of pyridine rings is 1. The Morgan fingerprint density at radius 3 is 2.69 bits per heavy atom. The van der Waals surface area contributed by atoms with E-state index in [1.165, 1.54) is 18.0 Å². The second-order valence-corrected chi connectivity index (χ2v) is 7.05. The third kappa shape index (κ3) is 4.53. The summed E-state index contributed by atoms with van der Waals surface area (Å²) in [6, 6.07) is 10.8. The fourth-order valence-electron chi connectivity index (χ4n) is 2.07. The van der Waals surface area contributed by atoms with Gasteiger partial charge in [0.25, 0.3) is 0 Å². The number of rotatable bonds is 6. The standard InChI is InChI=1S/C17H16ClN5O2S/c1-10(16(24)20-14-8-5-12(18)9-19-14)26-17-21-15(22-23-17)11-3-6-13(25-2)7-4-11/h3-10H,1-2H3,(H,19,20,24)(H,21,22,23)/t10-/m0/s1. The maximum Gasteiger partial charge on any atom is 0.238 e. The van der Waals surface area contributed by atoms with Crippen LogP contribution in [0.2, 0.25) is 5.02 Å². The van der Waals surface area contributed by atoms with Gasteiger partial charge in [0.2, 0.25) is 11.1 Å². The van der Waals surface area contributed by atoms with Crippen LogP contribution >= 0.6 is 23.4 Å². The van der Waals surface area contributed by atoms with Crippen molar-refractivity contribution in [3.63, 3.8) is 0 Å². The molecule has 0 spiro atoms. The van der Waals surface area contributed by atoms with Gasteiger partial charge in [0.05, 0.1) is 17.4 Å². The van der Waals surface area contributed by atoms with E-state index in [1.807, 2.05) is 24.3 Å². The molecule has 26 heavy (non-hydrogen) atoms. The highest BCUT2D eigenvalue weighted by Gasteiger charge is 2.18. The lowest BCUT2D eigenvalue weighted by Gasteiger charge is -2.09. The Kier molecular flexibility index (Phi) is 5.75. The number of nitrogens with zero attached hydrogens (tertiary/aromatic N) is 3. The van der Waals surface area contributed by atoms with Gasteiger partial charge in [-0.1, -0.05) is 23.4 Å². The smallest absolute Gasteiger partial charge is 0.238 e. The number of aromatic amines is 1. The van der Waals surface area contributed by atoms with Gasteiger partial charge < -0.3 is 10.1 Å². The minimum atomic E-state index is -0.396. The number of methoxy groups -OCH3 is 1. The van der Waals surface area contributed by atoms with Crippen LogP contribution in [0.15, 0.2) is 47.8 Å². The number of carbonyl (C=O) groups is 1. The molecule has 0 saturated heterocycles. The minimum absolute atomic E-state index is 0.194. The van der Waals surface area contributed by atoms with E-state index in [0.29, 0.717) is 21.8 Å². The molecule has 1 amide bonds. The highest BCUT2D eigenvalue weighted by Crippen LogP contribution is 2.24. The fraction of sp³-hybridized carbons (Fsp3) is 0.176. The van der Waals surface area contributed by atoms with E-state index >= 15 is 0 Å². The zero-order valence-electron chi connectivity index (χ0n) is 14.1. The van der Waals surface area contributed by atoms with Crippen molar-refractivity contribution in [2.24, 2.45) is 0 Å². The Morgan fingerprint density at radius 2 is 2.04 bits per heavy atom. The van der Waals surface area contributed by atoms with Crippen molar-refractivity contribution in [2.75, 3.05) is 12.4 Å². The molecule has 0 saturated carbocycles. The first-order valence-electron chi connectivity index (χ1n) is 7.71. The zero-order chi connectivity index (χ0) is 18.5. The first-order valence-corrected chi connectivity index (χ1v) is 8.97. The molecule has 0 radical (unpaired) electrons. The zero-order valence-corrected chi connectivity index (χ0v) is 15.6. The van der Waals surface area contributed by atoms with Gasteiger partial charge in [-0.2, -0.15) is 0 Å². The van der Waals surface area contributed by atoms with Crippen molar-refractivity contribution in [3.05, 3.63) is 47.6 Å². The Morgan fingerprint density at radius 1 is 1.27 bits per heavy atom. The highest BCUT2D eigenvalue weighted by atomic mass is 35.5. The van der Waals surface area contributed by atoms with Crippen molar-refractivity contribution in [2.45, 2.75) is 17.3 Å². The van der Waals surface area contributed by atoms with Gasteiger partial charge in [-0.05, 0) is 43.3 Å². The predicted octanol–water partition coefficient (Wildman–Crippen LogP) is 3.65. The number of benzene rings is 1. The number of halogens is 1. The second kappa shape index (κ2) is 8.20. The molecule has 134 valence electrons. The van der Waals surface area contributed by atoms with E-state index < -0.39 is 5.25 Å². The number of ether oxygens (including phenoxy) is 1. The summed E-state index contributed by atoms with van der Waals surface area (Å²) in [6.07, 6.45) is 1.48. The van der Waals surface area contributed by atoms with E-state index in [-0.39, 0.29) is 5.91 Å². The molecule has 3 aromatic rings. The predicted molar refractivity (Wildman–Crippen MR) is 102 cm³/mol. The fourth-order valence-corrected chi connectivity index (χ4v) is 2.90. The van der Waals surface area contributed by atoms with Crippen LogP contribution in [-0.4, -0.2) is 38.4 Å². The lowest BCUT2D eigenvalue weighted by atomic mass is 10.2. The molecule has 7 nitrogen and oxygen atoms in total. The number of hydrogen-bond donors (Lipinski definition) is 2. The van der Waals surface area contributed by atoms with Crippen molar-refractivity contribution >= 4 is 35.1 Å². The van der Waals surface area contributed by atoms with Crippen LogP contribution < -0.4 is 10.1 Å². The molecule has 0 aliphatic heterocycles. The highest BCUT2D eigenvalue weighted by molar-refractivity contribution is 8.00. The lowest BCUT2D eigenvalue weighted by molar-refractivity contribution is -0.115. The van der Waals surface area contributed by atoms with Crippen LogP contribution in [-0.2, 0) is 4.79 Å². The quantitative estimate of drug-likeness (QED) is 0.625. The van der Waals surface area contributed by atoms with Crippen LogP contribution in [0.5, 0.6) is 5.75 Å². The topological polar surface area (TPSA) is 92.8 Å². The van der Waals surface area contributed by atoms with Crippen molar-refractivity contribution < 1.29 is 9.53 Å². The normalized spacial score (nSPS) is 11.8. The summed E-state index contributed by atoms with van der Waals surface area (Å²) in [5, 5.41) is 10.4. The molecule has 0 bridgehead atoms. The summed E-state index contributed by atoms with van der Waals surface area (Å²) in [7, 11) is 1.62. The summed E-state index contributed by atoms with van der Waals surface area (Å²) in [5.74, 6) is 1.65. The molecule has 3 rings (SSSR count). The average Bonchev–Trinajstić information content (AvgIpc) is 3.12. The van der Waals surface area contributed by atoms with E-state index in [4.69, 9.17) is 16.3 Å². The summed E-state index contributed by atoms with van der Waals surface area (Å²) in [6.45, 7) is 1.78. The maximum absolute atomic E-state index is 12.3. The SMILES string of the molecule is COc1ccc(-c2nc(S[C@@H](C)C(=O)Nc3ccc(Cl)cn3)n[nH]2)cc1. The molecular formula is C17H16ClN5O2S. The Labute approximate surface area is 159 Å². The van der Waals surface area contributed by atoms with Crippen LogP contribution in [0.3, 0.4) is 0 Å². The molecule has 0 aliphatic carbocycles. The van der Waals surface area contributed by atoms with Crippen molar-refractivity contribution in [1.29, 1.82) is 0 Å². The summed E-state index contributed by atoms with van der Waals surface area (Å²) < 4.78 is 5.14. The third-order valence-corrected chi connectivity index (χ3v) is 4.64. The van der Waals surface area contributed by atoms with Gasteiger partial charge in [-0.3, -0.25) is 9.89 Å². The maximum atomic E-state index is 12.3. The largest absolute Gasteiger partial charge is 0.497 e. The number of aromatic nitrogens is 4. The average molecular weight is 390 g/mol. The molecule has 2 N–H and O–H groups in total. The van der Waals surface area contributed by atoms with Crippen molar-refractivity contribution in [1.82, 2.24) is 20.2 Å². The summed E-state index contributed by atoms with van der Waals surface area (Å²) >= 11 is 7.03. The van der Waals surface area contributed by atoms with Gasteiger partial charge in [0, 0.05) is 11.8 Å². The van der Waals surface area contributed by atoms with Crippen LogP contribution in [0.4, 0.5) is 5.82 Å². The number of anilines is 1. The van der Waals surface area contributed by atoms with Crippen LogP contribution in [0, 0.1) is 0 Å². The van der Waals surface area contributed by atoms with Crippen LogP contribution in [0.1, 0.15) is 6.92 Å². The number of hydrogen-bond acceptors (Lipinski definition) is 6. The monoisotopic (exact) mass is 389 g/mol. The van der Waals surface area contributed by atoms with E-state index in [2.05, 4.69) is 25.5 Å². The molecule has 2 aromatic heterocycles.